The van der Waals surface area contributed by atoms with E-state index in [0.29, 0.717) is 0 Å². The minimum absolute atomic E-state index is 0.000116. The second-order valence-corrected chi connectivity index (χ2v) is 9.32. The molecular formula is C24H27Cl2NO7. The highest BCUT2D eigenvalue weighted by molar-refractivity contribution is 6.39. The van der Waals surface area contributed by atoms with Crippen LogP contribution in [0.1, 0.15) is 43.1 Å². The standard InChI is InChI=1S/C24H27Cl2NO7/c1-23(2,3)33-19(29)12-24(15-28,34-21(30)20-17(25)10-7-11-18(20)26)14-27-22(31)32-13-16-8-5-4-6-9-16/h4-11,28H,12-15H2,1-3H3,(H,27,31). The Labute approximate surface area is 208 Å². The molecule has 2 rings (SSSR count). The summed E-state index contributed by atoms with van der Waals surface area (Å²) in [6.07, 6.45) is -1.38. The summed E-state index contributed by atoms with van der Waals surface area (Å²) in [4.78, 5) is 37.6. The molecule has 2 aromatic rings. The Bertz CT molecular complexity index is 988. The molecule has 184 valence electrons. The first kappa shape index (κ1) is 27.4. The van der Waals surface area contributed by atoms with Crippen LogP contribution in [0, 0.1) is 0 Å². The molecule has 34 heavy (non-hydrogen) atoms. The van der Waals surface area contributed by atoms with Crippen LogP contribution in [0.4, 0.5) is 4.79 Å². The van der Waals surface area contributed by atoms with Crippen LogP contribution in [0.2, 0.25) is 10.0 Å². The predicted octanol–water partition coefficient (Wildman–Crippen LogP) is 4.54. The molecule has 0 aliphatic carbocycles. The van der Waals surface area contributed by atoms with Crippen molar-refractivity contribution in [2.24, 2.45) is 0 Å². The molecule has 1 unspecified atom stereocenters. The Balaban J connectivity index is 2.18. The van der Waals surface area contributed by atoms with E-state index in [0.717, 1.165) is 5.56 Å². The van der Waals surface area contributed by atoms with Crippen LogP contribution in [0.3, 0.4) is 0 Å². The molecule has 1 atom stereocenters. The van der Waals surface area contributed by atoms with Crippen molar-refractivity contribution in [3.63, 3.8) is 0 Å². The SMILES string of the molecule is CC(C)(C)OC(=O)CC(CO)(CNC(=O)OCc1ccccc1)OC(=O)c1c(Cl)cccc1Cl. The smallest absolute Gasteiger partial charge is 0.407 e. The van der Waals surface area contributed by atoms with Crippen LogP contribution in [-0.2, 0) is 25.6 Å². The van der Waals surface area contributed by atoms with Crippen molar-refractivity contribution in [2.45, 2.75) is 45.0 Å². The quantitative estimate of drug-likeness (QED) is 0.375. The first-order chi connectivity index (χ1) is 15.9. The van der Waals surface area contributed by atoms with Gasteiger partial charge in [-0.15, -0.1) is 0 Å². The number of aliphatic hydroxyl groups excluding tert-OH is 1. The molecule has 1 amide bonds. The Morgan fingerprint density at radius 3 is 2.12 bits per heavy atom. The molecule has 8 nitrogen and oxygen atoms in total. The summed E-state index contributed by atoms with van der Waals surface area (Å²) in [6, 6.07) is 13.4. The Morgan fingerprint density at radius 2 is 1.56 bits per heavy atom. The van der Waals surface area contributed by atoms with E-state index in [-0.39, 0.29) is 22.2 Å². The number of carbonyl (C=O) groups is 3. The zero-order valence-corrected chi connectivity index (χ0v) is 20.6. The molecule has 0 spiro atoms. The van der Waals surface area contributed by atoms with Crippen molar-refractivity contribution in [1.82, 2.24) is 5.32 Å². The molecule has 10 heteroatoms. The average Bonchev–Trinajstić information content (AvgIpc) is 2.75. The summed E-state index contributed by atoms with van der Waals surface area (Å²) in [7, 11) is 0. The van der Waals surface area contributed by atoms with E-state index in [1.54, 1.807) is 51.1 Å². The van der Waals surface area contributed by atoms with Crippen LogP contribution in [0.25, 0.3) is 0 Å². The van der Waals surface area contributed by atoms with E-state index >= 15 is 0 Å². The molecule has 2 aromatic carbocycles. The van der Waals surface area contributed by atoms with Gasteiger partial charge >= 0.3 is 18.0 Å². The van der Waals surface area contributed by atoms with Crippen LogP contribution < -0.4 is 5.32 Å². The zero-order valence-electron chi connectivity index (χ0n) is 19.1. The predicted molar refractivity (Wildman–Crippen MR) is 127 cm³/mol. The van der Waals surface area contributed by atoms with Crippen LogP contribution >= 0.6 is 23.2 Å². The molecule has 0 aliphatic heterocycles. The Morgan fingerprint density at radius 1 is 0.941 bits per heavy atom. The van der Waals surface area contributed by atoms with Gasteiger partial charge in [0.1, 0.15) is 12.2 Å². The third-order valence-corrected chi connectivity index (χ3v) is 5.05. The van der Waals surface area contributed by atoms with Crippen molar-refractivity contribution >= 4 is 41.2 Å². The highest BCUT2D eigenvalue weighted by Gasteiger charge is 2.40. The van der Waals surface area contributed by atoms with E-state index in [9.17, 15) is 19.5 Å². The molecule has 0 bridgehead atoms. The first-order valence-electron chi connectivity index (χ1n) is 10.4. The van der Waals surface area contributed by atoms with Gasteiger partial charge in [0.05, 0.1) is 35.2 Å². The highest BCUT2D eigenvalue weighted by atomic mass is 35.5. The zero-order chi connectivity index (χ0) is 25.4. The van der Waals surface area contributed by atoms with Crippen molar-refractivity contribution < 1.29 is 33.7 Å². The Kier molecular flexibility index (Phi) is 9.73. The fourth-order valence-corrected chi connectivity index (χ4v) is 3.42. The minimum Gasteiger partial charge on any atom is -0.460 e. The van der Waals surface area contributed by atoms with E-state index < -0.39 is 48.8 Å². The lowest BCUT2D eigenvalue weighted by Crippen LogP contribution is -2.51. The lowest BCUT2D eigenvalue weighted by Gasteiger charge is -2.32. The van der Waals surface area contributed by atoms with E-state index in [4.69, 9.17) is 37.4 Å². The summed E-state index contributed by atoms with van der Waals surface area (Å²) >= 11 is 12.2. The maximum Gasteiger partial charge on any atom is 0.407 e. The topological polar surface area (TPSA) is 111 Å². The number of halogens is 2. The lowest BCUT2D eigenvalue weighted by atomic mass is 9.99. The van der Waals surface area contributed by atoms with Crippen LogP contribution in [0.5, 0.6) is 0 Å². The fourth-order valence-electron chi connectivity index (χ4n) is 2.87. The van der Waals surface area contributed by atoms with E-state index in [1.165, 1.54) is 12.1 Å². The van der Waals surface area contributed by atoms with Gasteiger partial charge in [-0.2, -0.15) is 0 Å². The van der Waals surface area contributed by atoms with Crippen molar-refractivity contribution in [2.75, 3.05) is 13.2 Å². The van der Waals surface area contributed by atoms with Gasteiger partial charge in [-0.05, 0) is 38.5 Å². The maximum atomic E-state index is 12.9. The number of hydrogen-bond acceptors (Lipinski definition) is 7. The van der Waals surface area contributed by atoms with Crippen molar-refractivity contribution in [3.05, 3.63) is 69.7 Å². The Hall–Kier alpha value is -2.81. The number of amides is 1. The maximum absolute atomic E-state index is 12.9. The second kappa shape index (κ2) is 12.1. The summed E-state index contributed by atoms with van der Waals surface area (Å²) in [5.41, 5.74) is -2.07. The molecule has 0 saturated carbocycles. The third-order valence-electron chi connectivity index (χ3n) is 4.42. The van der Waals surface area contributed by atoms with Gasteiger partial charge in [-0.3, -0.25) is 4.79 Å². The monoisotopic (exact) mass is 511 g/mol. The summed E-state index contributed by atoms with van der Waals surface area (Å²) in [5.74, 6) is -1.73. The number of carbonyl (C=O) groups excluding carboxylic acids is 3. The number of benzene rings is 2. The molecule has 0 aliphatic rings. The number of esters is 2. The second-order valence-electron chi connectivity index (χ2n) is 8.51. The number of alkyl carbamates (subject to hydrolysis) is 1. The van der Waals surface area contributed by atoms with E-state index in [2.05, 4.69) is 5.32 Å². The molecular weight excluding hydrogens is 485 g/mol. The molecule has 0 radical (unpaired) electrons. The molecule has 0 saturated heterocycles. The highest BCUT2D eigenvalue weighted by Crippen LogP contribution is 2.28. The average molecular weight is 512 g/mol. The van der Waals surface area contributed by atoms with Gasteiger partial charge in [0.2, 0.25) is 0 Å². The number of aliphatic hydroxyl groups is 1. The van der Waals surface area contributed by atoms with Gasteiger partial charge < -0.3 is 24.6 Å². The number of nitrogens with one attached hydrogen (secondary N) is 1. The van der Waals surface area contributed by atoms with E-state index in [1.807, 2.05) is 6.07 Å². The summed E-state index contributed by atoms with van der Waals surface area (Å²) in [6.45, 7) is 3.75. The number of rotatable bonds is 9. The van der Waals surface area contributed by atoms with Gasteiger partial charge in [-0.25, -0.2) is 9.59 Å². The first-order valence-corrected chi connectivity index (χ1v) is 11.1. The van der Waals surface area contributed by atoms with Crippen molar-refractivity contribution in [3.8, 4) is 0 Å². The minimum atomic E-state index is -1.87. The third kappa shape index (κ3) is 8.52. The number of hydrogen-bond donors (Lipinski definition) is 2. The number of ether oxygens (including phenoxy) is 3. The van der Waals surface area contributed by atoms with Crippen LogP contribution in [-0.4, -0.2) is 47.5 Å². The van der Waals surface area contributed by atoms with Gasteiger partial charge in [0, 0.05) is 0 Å². The summed E-state index contributed by atoms with van der Waals surface area (Å²) in [5, 5.41) is 12.6. The van der Waals surface area contributed by atoms with Gasteiger partial charge in [0.25, 0.3) is 0 Å². The molecule has 2 N–H and O–H groups in total. The normalized spacial score (nSPS) is 12.9. The molecule has 0 aromatic heterocycles. The van der Waals surface area contributed by atoms with Crippen molar-refractivity contribution in [1.29, 1.82) is 0 Å². The lowest BCUT2D eigenvalue weighted by molar-refractivity contribution is -0.162. The van der Waals surface area contributed by atoms with Gasteiger partial charge in [-0.1, -0.05) is 59.6 Å². The van der Waals surface area contributed by atoms with Gasteiger partial charge in [0.15, 0.2) is 5.60 Å². The largest absolute Gasteiger partial charge is 0.460 e. The molecule has 0 heterocycles. The summed E-state index contributed by atoms with van der Waals surface area (Å²) < 4.78 is 16.0. The van der Waals surface area contributed by atoms with Crippen LogP contribution in [0.15, 0.2) is 48.5 Å². The fraction of sp³-hybridized carbons (Fsp3) is 0.375. The molecule has 0 fully saturated rings.